The third kappa shape index (κ3) is 39.4. The molecule has 0 saturated heterocycles. The van der Waals surface area contributed by atoms with Crippen LogP contribution in [0.25, 0.3) is 0 Å². The van der Waals surface area contributed by atoms with Gasteiger partial charge >= 0.3 is 11.9 Å². The van der Waals surface area contributed by atoms with Gasteiger partial charge in [-0.3, -0.25) is 14.2 Å². The number of phosphoric ester groups is 1. The molecule has 55 heavy (non-hydrogen) atoms. The van der Waals surface area contributed by atoms with Crippen molar-refractivity contribution < 1.29 is 47.2 Å². The van der Waals surface area contributed by atoms with Crippen LogP contribution in [0.15, 0.2) is 72.9 Å². The molecule has 2 unspecified atom stereocenters. The lowest BCUT2D eigenvalue weighted by Crippen LogP contribution is -2.37. The van der Waals surface area contributed by atoms with Crippen molar-refractivity contribution >= 4 is 19.8 Å². The Hall–Kier alpha value is -2.59. The monoisotopic (exact) mass is 794 g/mol. The number of phosphoric acid groups is 1. The summed E-state index contributed by atoms with van der Waals surface area (Å²) in [4.78, 5) is 37.4. The second kappa shape index (κ2) is 35.8. The van der Waals surface area contributed by atoms with Crippen LogP contribution < -0.4 is 4.89 Å². The van der Waals surface area contributed by atoms with E-state index in [4.69, 9.17) is 18.5 Å². The van der Waals surface area contributed by atoms with Crippen molar-refractivity contribution in [2.45, 2.75) is 148 Å². The van der Waals surface area contributed by atoms with Crippen molar-refractivity contribution in [1.29, 1.82) is 0 Å². The Morgan fingerprint density at radius 2 is 1.27 bits per heavy atom. The van der Waals surface area contributed by atoms with Gasteiger partial charge in [0.05, 0.1) is 33.9 Å². The van der Waals surface area contributed by atoms with Gasteiger partial charge in [0.2, 0.25) is 0 Å². The maximum absolute atomic E-state index is 12.6. The Morgan fingerprint density at radius 1 is 0.691 bits per heavy atom. The van der Waals surface area contributed by atoms with Crippen LogP contribution in [0.5, 0.6) is 0 Å². The predicted octanol–water partition coefficient (Wildman–Crippen LogP) is 9.80. The maximum atomic E-state index is 12.6. The quantitative estimate of drug-likeness (QED) is 0.0165. The zero-order valence-electron chi connectivity index (χ0n) is 35.0. The zero-order chi connectivity index (χ0) is 40.9. The molecule has 0 rings (SSSR count). The molecule has 1 N–H and O–H groups in total. The van der Waals surface area contributed by atoms with Gasteiger partial charge in [-0.2, -0.15) is 0 Å². The van der Waals surface area contributed by atoms with Gasteiger partial charge in [-0.15, -0.1) is 0 Å². The van der Waals surface area contributed by atoms with Crippen LogP contribution in [-0.2, 0) is 32.7 Å². The summed E-state index contributed by atoms with van der Waals surface area (Å²) in [5.74, 6) is -1.02. The molecule has 0 aliphatic heterocycles. The Kier molecular flexibility index (Phi) is 34.1. The highest BCUT2D eigenvalue weighted by molar-refractivity contribution is 7.45. The van der Waals surface area contributed by atoms with E-state index >= 15 is 0 Å². The number of hydrogen-bond acceptors (Lipinski definition) is 9. The van der Waals surface area contributed by atoms with E-state index in [0.29, 0.717) is 30.3 Å². The molecule has 0 aromatic heterocycles. The van der Waals surface area contributed by atoms with E-state index < -0.39 is 38.6 Å². The lowest BCUT2D eigenvalue weighted by atomic mass is 10.1. The van der Waals surface area contributed by atoms with Crippen LogP contribution in [0.4, 0.5) is 0 Å². The molecule has 3 atom stereocenters. The van der Waals surface area contributed by atoms with Gasteiger partial charge in [-0.1, -0.05) is 151 Å². The summed E-state index contributed by atoms with van der Waals surface area (Å²) in [6.45, 7) is 3.87. The van der Waals surface area contributed by atoms with Crippen molar-refractivity contribution in [3.05, 3.63) is 72.9 Å². The van der Waals surface area contributed by atoms with Crippen LogP contribution in [0.2, 0.25) is 0 Å². The summed E-state index contributed by atoms with van der Waals surface area (Å²) >= 11 is 0. The molecule has 0 aliphatic rings. The van der Waals surface area contributed by atoms with E-state index in [2.05, 4.69) is 50.3 Å². The molecule has 10 nitrogen and oxygen atoms in total. The SMILES string of the molecule is CC/C=C\C/C=C\C/C=C\C/C=C\C=C/C(O)C/C=C\CCC(=O)OC[C@H](COP(=O)([O-])OCC[N+](C)(C)C)OC(=O)CCCCCCCCCCCCC. The number of carbonyl (C=O) groups is 2. The number of hydrogen-bond donors (Lipinski definition) is 1. The third-order valence-electron chi connectivity index (χ3n) is 8.33. The van der Waals surface area contributed by atoms with Crippen molar-refractivity contribution in [2.75, 3.05) is 47.5 Å². The Labute approximate surface area is 334 Å². The number of aliphatic hydroxyl groups is 1. The highest BCUT2D eigenvalue weighted by Gasteiger charge is 2.21. The number of ether oxygens (including phenoxy) is 2. The minimum absolute atomic E-state index is 0.0608. The van der Waals surface area contributed by atoms with E-state index in [1.165, 1.54) is 44.9 Å². The van der Waals surface area contributed by atoms with Crippen LogP contribution in [-0.4, -0.2) is 81.2 Å². The number of quaternary nitrogens is 1. The number of carbonyl (C=O) groups excluding carboxylic acids is 2. The molecular weight excluding hydrogens is 717 g/mol. The van der Waals surface area contributed by atoms with E-state index in [1.807, 2.05) is 39.4 Å². The van der Waals surface area contributed by atoms with E-state index in [-0.39, 0.29) is 26.1 Å². The number of aliphatic hydroxyl groups excluding tert-OH is 1. The molecule has 0 radical (unpaired) electrons. The van der Waals surface area contributed by atoms with Gasteiger partial charge in [0.25, 0.3) is 7.82 Å². The van der Waals surface area contributed by atoms with Crippen molar-refractivity contribution in [3.8, 4) is 0 Å². The number of rotatable bonds is 36. The van der Waals surface area contributed by atoms with Gasteiger partial charge in [-0.05, 0) is 44.9 Å². The van der Waals surface area contributed by atoms with Gasteiger partial charge < -0.3 is 33.0 Å². The Balaban J connectivity index is 4.60. The maximum Gasteiger partial charge on any atom is 0.306 e. The van der Waals surface area contributed by atoms with Crippen LogP contribution in [0.3, 0.4) is 0 Å². The lowest BCUT2D eigenvalue weighted by Gasteiger charge is -2.28. The smallest absolute Gasteiger partial charge is 0.306 e. The lowest BCUT2D eigenvalue weighted by molar-refractivity contribution is -0.870. The van der Waals surface area contributed by atoms with E-state index in [9.17, 15) is 24.2 Å². The Bertz CT molecular complexity index is 1190. The van der Waals surface area contributed by atoms with E-state index in [1.54, 1.807) is 18.2 Å². The van der Waals surface area contributed by atoms with E-state index in [0.717, 1.165) is 44.9 Å². The average Bonchev–Trinajstić information content (AvgIpc) is 3.12. The van der Waals surface area contributed by atoms with Crippen molar-refractivity contribution in [2.24, 2.45) is 0 Å². The highest BCUT2D eigenvalue weighted by atomic mass is 31.2. The molecule has 11 heteroatoms. The first-order valence-electron chi connectivity index (χ1n) is 20.8. The van der Waals surface area contributed by atoms with Crippen LogP contribution >= 0.6 is 7.82 Å². The molecule has 0 heterocycles. The fourth-order valence-electron chi connectivity index (χ4n) is 5.06. The molecule has 0 fully saturated rings. The molecular formula is C44H76NO9P. The molecule has 0 spiro atoms. The fourth-order valence-corrected chi connectivity index (χ4v) is 5.79. The summed E-state index contributed by atoms with van der Waals surface area (Å²) in [6.07, 6.45) is 39.7. The molecule has 0 amide bonds. The summed E-state index contributed by atoms with van der Waals surface area (Å²) in [5.41, 5.74) is 0. The van der Waals surface area contributed by atoms with Gasteiger partial charge in [0.15, 0.2) is 6.10 Å². The van der Waals surface area contributed by atoms with Crippen molar-refractivity contribution in [3.63, 3.8) is 0 Å². The Morgan fingerprint density at radius 3 is 1.87 bits per heavy atom. The summed E-state index contributed by atoms with van der Waals surface area (Å²) < 4.78 is 33.6. The van der Waals surface area contributed by atoms with Gasteiger partial charge in [0, 0.05) is 12.8 Å². The van der Waals surface area contributed by atoms with Crippen molar-refractivity contribution in [1.82, 2.24) is 0 Å². The number of allylic oxidation sites excluding steroid dienone is 10. The summed E-state index contributed by atoms with van der Waals surface area (Å²) in [6, 6.07) is 0. The minimum Gasteiger partial charge on any atom is -0.756 e. The largest absolute Gasteiger partial charge is 0.756 e. The summed E-state index contributed by atoms with van der Waals surface area (Å²) in [7, 11) is 1.06. The number of nitrogens with zero attached hydrogens (tertiary/aromatic N) is 1. The minimum atomic E-state index is -4.66. The number of esters is 2. The molecule has 0 bridgehead atoms. The van der Waals surface area contributed by atoms with Gasteiger partial charge in [0.1, 0.15) is 19.8 Å². The molecule has 0 aromatic carbocycles. The normalized spacial score (nSPS) is 15.0. The second-order valence-electron chi connectivity index (χ2n) is 14.8. The number of unbranched alkanes of at least 4 members (excludes halogenated alkanes) is 10. The van der Waals surface area contributed by atoms with Crippen LogP contribution in [0, 0.1) is 0 Å². The molecule has 0 saturated carbocycles. The first-order valence-corrected chi connectivity index (χ1v) is 22.2. The van der Waals surface area contributed by atoms with Crippen LogP contribution in [0.1, 0.15) is 136 Å². The first-order chi connectivity index (χ1) is 26.4. The predicted molar refractivity (Wildman–Crippen MR) is 223 cm³/mol. The number of likely N-dealkylation sites (N-methyl/N-ethyl adjacent to an activating group) is 1. The third-order valence-corrected chi connectivity index (χ3v) is 9.30. The standard InChI is InChI=1S/C44H76NO9P/c1-6-8-10-12-14-16-18-19-21-22-24-26-29-33-41(46)34-30-28-32-35-43(47)51-39-42(40-53-55(49,50)52-38-37-45(3,4)5)54-44(48)36-31-27-25-23-20-17-15-13-11-9-7-2/h8,10,14,16,19,21,24,26,28-30,33,41-42,46H,6-7,9,11-13,15,17-18,20,22-23,25,27,31-32,34-40H2,1-5H3/b10-8-,16-14-,21-19-,26-24-,30-28-,33-29-/t41?,42-/m1/s1. The van der Waals surface area contributed by atoms with Gasteiger partial charge in [-0.25, -0.2) is 0 Å². The fraction of sp³-hybridized carbons (Fsp3) is 0.682. The average molecular weight is 794 g/mol. The first kappa shape index (κ1) is 52.4. The summed E-state index contributed by atoms with van der Waals surface area (Å²) in [5, 5.41) is 10.2. The highest BCUT2D eigenvalue weighted by Crippen LogP contribution is 2.38. The zero-order valence-corrected chi connectivity index (χ0v) is 35.8. The second-order valence-corrected chi connectivity index (χ2v) is 16.2. The molecule has 316 valence electrons. The molecule has 0 aliphatic carbocycles. The topological polar surface area (TPSA) is 131 Å². The molecule has 0 aromatic rings.